The summed E-state index contributed by atoms with van der Waals surface area (Å²) < 4.78 is 34.2. The van der Waals surface area contributed by atoms with Crippen molar-refractivity contribution in [1.82, 2.24) is 13.7 Å². The smallest absolute Gasteiger partial charge is 0.137 e. The molecule has 18 aromatic carbocycles. The Morgan fingerprint density at radius 2 is 0.541 bits per heavy atom. The van der Waals surface area contributed by atoms with Gasteiger partial charge in [-0.2, -0.15) is 0 Å². The maximum absolute atomic E-state index is 6.31. The topological polar surface area (TPSA) is 54.2 Å². The second kappa shape index (κ2) is 23.4. The van der Waals surface area contributed by atoms with Crippen LogP contribution in [0.3, 0.4) is 0 Å². The highest BCUT2D eigenvalue weighted by molar-refractivity contribution is 7.28. The van der Waals surface area contributed by atoms with Crippen LogP contribution in [0.4, 0.5) is 0 Å². The Morgan fingerprint density at radius 3 is 1.10 bits per heavy atom. The van der Waals surface area contributed by atoms with E-state index in [4.69, 9.17) is 13.3 Å². The molecule has 0 aliphatic heterocycles. The molecule has 9 heteroatoms. The van der Waals surface area contributed by atoms with Crippen molar-refractivity contribution in [2.45, 2.75) is 0 Å². The summed E-state index contributed by atoms with van der Waals surface area (Å²) in [4.78, 5) is 0. The summed E-state index contributed by atoms with van der Waals surface area (Å²) in [6.07, 6.45) is 0. The summed E-state index contributed by atoms with van der Waals surface area (Å²) >= 11 is 5.68. The van der Waals surface area contributed by atoms with Crippen LogP contribution < -0.4 is 0 Å². The molecule has 0 fully saturated rings. The summed E-state index contributed by atoms with van der Waals surface area (Å²) in [6.45, 7) is 0. The van der Waals surface area contributed by atoms with Gasteiger partial charge in [0.2, 0.25) is 0 Å². The molecule has 6 nitrogen and oxygen atoms in total. The molecule has 27 aromatic rings. The molecule has 0 spiro atoms. The van der Waals surface area contributed by atoms with Gasteiger partial charge in [-0.15, -0.1) is 34.0 Å². The lowest BCUT2D eigenvalue weighted by Crippen LogP contribution is -1.94. The fourth-order valence-corrected chi connectivity index (χ4v) is 22.4. The van der Waals surface area contributed by atoms with Crippen molar-refractivity contribution in [2.24, 2.45) is 0 Å². The summed E-state index contributed by atoms with van der Waals surface area (Å²) in [5.41, 5.74) is 16.3. The lowest BCUT2D eigenvalue weighted by atomic mass is 9.99. The van der Waals surface area contributed by atoms with E-state index in [-0.39, 0.29) is 0 Å². The number of hydrogen-bond acceptors (Lipinski definition) is 6. The molecule has 0 atom stereocenters. The van der Waals surface area contributed by atoms with E-state index < -0.39 is 0 Å². The van der Waals surface area contributed by atoms with Crippen LogP contribution in [0.15, 0.2) is 359 Å². The second-order valence-corrected chi connectivity index (χ2v) is 32.3. The molecule has 0 saturated heterocycles. The quantitative estimate of drug-likeness (QED) is 0.177. The van der Waals surface area contributed by atoms with E-state index in [9.17, 15) is 0 Å². The first-order valence-electron chi connectivity index (χ1n) is 37.6. The fourth-order valence-electron chi connectivity index (χ4n) is 18.7. The van der Waals surface area contributed by atoms with Crippen LogP contribution in [-0.2, 0) is 0 Å². The molecule has 0 aliphatic carbocycles. The van der Waals surface area contributed by atoms with Gasteiger partial charge in [-0.3, -0.25) is 0 Å². The molecule has 0 unspecified atom stereocenters. The van der Waals surface area contributed by atoms with Crippen LogP contribution >= 0.6 is 34.0 Å². The minimum Gasteiger partial charge on any atom is -0.456 e. The van der Waals surface area contributed by atoms with Gasteiger partial charge < -0.3 is 27.0 Å². The third kappa shape index (κ3) is 8.76. The van der Waals surface area contributed by atoms with Crippen LogP contribution in [0.2, 0.25) is 0 Å². The number of fused-ring (bicyclic) bond motifs is 38. The SMILES string of the molecule is c1ccc2c(c1)ccc1c2c2ccc3c4ccccc4sc3c2n1-c1ccc2c(c1)oc1ccccc12.c1ccc2c(c1)oc1cc(-n3c4ccccc4c4c5ccccc5c5c6ccccc6sc5c43)ccc12.c1ccc2c(c1)oc1cc(-n3c4ccccc4c4c5sc6ccccc6c5c5ccccc5c43)ccc12. The zero-order valence-electron chi connectivity index (χ0n) is 59.2. The molecule has 0 N–H and O–H groups in total. The Balaban J connectivity index is 0.0000000947. The van der Waals surface area contributed by atoms with Crippen LogP contribution in [0, 0.1) is 0 Å². The highest BCUT2D eigenvalue weighted by atomic mass is 32.1. The van der Waals surface area contributed by atoms with Gasteiger partial charge in [0.25, 0.3) is 0 Å². The van der Waals surface area contributed by atoms with E-state index in [0.29, 0.717) is 0 Å². The van der Waals surface area contributed by atoms with Crippen molar-refractivity contribution in [3.05, 3.63) is 346 Å². The molecule has 0 bridgehead atoms. The number of para-hydroxylation sites is 5. The Bertz CT molecular complexity index is 8580. The first kappa shape index (κ1) is 61.2. The number of nitrogens with zero attached hydrogens (tertiary/aromatic N) is 3. The van der Waals surface area contributed by atoms with Gasteiger partial charge >= 0.3 is 0 Å². The van der Waals surface area contributed by atoms with Gasteiger partial charge in [0.15, 0.2) is 0 Å². The Kier molecular flexibility index (Phi) is 12.9. The molecule has 516 valence electrons. The third-order valence-electron chi connectivity index (χ3n) is 23.3. The minimum absolute atomic E-state index is 0.914. The van der Waals surface area contributed by atoms with Gasteiger partial charge in [-0.1, -0.05) is 237 Å². The van der Waals surface area contributed by atoms with Crippen LogP contribution in [0.5, 0.6) is 0 Å². The number of aromatic nitrogens is 3. The molecule has 0 radical (unpaired) electrons. The van der Waals surface area contributed by atoms with E-state index in [2.05, 4.69) is 323 Å². The van der Waals surface area contributed by atoms with Crippen molar-refractivity contribution in [3.8, 4) is 17.1 Å². The van der Waals surface area contributed by atoms with Crippen molar-refractivity contribution in [3.63, 3.8) is 0 Å². The van der Waals surface area contributed by atoms with Crippen molar-refractivity contribution < 1.29 is 13.3 Å². The molecular weight excluding hydrogens is 1410 g/mol. The highest BCUT2D eigenvalue weighted by Gasteiger charge is 2.26. The maximum Gasteiger partial charge on any atom is 0.137 e. The summed E-state index contributed by atoms with van der Waals surface area (Å²) in [5, 5.41) is 30.4. The Hall–Kier alpha value is -13.8. The van der Waals surface area contributed by atoms with Crippen LogP contribution in [-0.4, -0.2) is 13.7 Å². The lowest BCUT2D eigenvalue weighted by molar-refractivity contribution is 0.668. The number of benzene rings is 18. The molecule has 27 rings (SSSR count). The molecule has 0 aliphatic rings. The molecule has 9 aromatic heterocycles. The van der Waals surface area contributed by atoms with Gasteiger partial charge in [0, 0.05) is 156 Å². The number of furan rings is 3. The van der Waals surface area contributed by atoms with E-state index in [0.717, 1.165) is 82.9 Å². The summed E-state index contributed by atoms with van der Waals surface area (Å²) in [6, 6.07) is 124. The molecule has 111 heavy (non-hydrogen) atoms. The average molecular weight is 1470 g/mol. The monoisotopic (exact) mass is 1470 g/mol. The molecular formula is C102H57N3O3S3. The van der Waals surface area contributed by atoms with Crippen molar-refractivity contribution in [2.75, 3.05) is 0 Å². The minimum atomic E-state index is 0.914. The van der Waals surface area contributed by atoms with Crippen LogP contribution in [0.25, 0.3) is 241 Å². The fraction of sp³-hybridized carbons (Fsp3) is 0. The van der Waals surface area contributed by atoms with Crippen LogP contribution in [0.1, 0.15) is 0 Å². The lowest BCUT2D eigenvalue weighted by Gasteiger charge is -2.11. The van der Waals surface area contributed by atoms with Crippen molar-refractivity contribution >= 4 is 258 Å². The predicted molar refractivity (Wildman–Crippen MR) is 475 cm³/mol. The number of thiophene rings is 3. The predicted octanol–water partition coefficient (Wildman–Crippen LogP) is 30.6. The normalized spacial score (nSPS) is 12.3. The molecule has 0 amide bonds. The second-order valence-electron chi connectivity index (χ2n) is 29.1. The largest absolute Gasteiger partial charge is 0.456 e. The van der Waals surface area contributed by atoms with E-state index in [1.54, 1.807) is 0 Å². The standard InChI is InChI=1S/3C34H19NOS/c1-2-11-24-23(10-1)31-26-13-5-8-16-30(26)37-34(31)32-25-12-3-6-14-27(25)35(33(24)32)20-17-18-22-21-9-4-7-15-28(21)36-29(22)19-20;1-2-11-24-23(10-1)31-25-12-3-6-14-27(25)35(33(31)34-32(24)26-13-5-8-16-30(26)37-34)20-17-18-22-21-9-4-7-15-28(21)36-29(22)19-20;1-2-8-22-20(7-1)13-18-28-32(22)27-17-16-26-25-10-4-6-12-31(25)37-34(26)33(27)35(28)21-14-15-24-23-9-3-5-11-29(23)36-30(24)19-21/h3*1-19H. The van der Waals surface area contributed by atoms with Gasteiger partial charge in [0.05, 0.1) is 42.5 Å². The van der Waals surface area contributed by atoms with Gasteiger partial charge in [0.1, 0.15) is 33.5 Å². The van der Waals surface area contributed by atoms with E-state index >= 15 is 0 Å². The molecule has 9 heterocycles. The first-order chi connectivity index (χ1) is 55.1. The summed E-state index contributed by atoms with van der Waals surface area (Å²) in [5.74, 6) is 0. The zero-order valence-corrected chi connectivity index (χ0v) is 61.6. The third-order valence-corrected chi connectivity index (χ3v) is 26.9. The highest BCUT2D eigenvalue weighted by Crippen LogP contribution is 2.52. The summed E-state index contributed by atoms with van der Waals surface area (Å²) in [7, 11) is 0. The number of hydrogen-bond donors (Lipinski definition) is 0. The Morgan fingerprint density at radius 1 is 0.180 bits per heavy atom. The molecule has 0 saturated carbocycles. The van der Waals surface area contributed by atoms with E-state index in [1.165, 1.54) is 158 Å². The van der Waals surface area contributed by atoms with Crippen molar-refractivity contribution in [1.29, 1.82) is 0 Å². The maximum atomic E-state index is 6.31. The van der Waals surface area contributed by atoms with E-state index in [1.807, 2.05) is 70.4 Å². The number of rotatable bonds is 3. The first-order valence-corrected chi connectivity index (χ1v) is 40.0. The van der Waals surface area contributed by atoms with Gasteiger partial charge in [-0.05, 0) is 118 Å². The van der Waals surface area contributed by atoms with Gasteiger partial charge in [-0.25, -0.2) is 0 Å². The zero-order chi connectivity index (χ0) is 72.3. The average Bonchev–Trinajstić information content (AvgIpc) is 1.55. The Labute approximate surface area is 643 Å².